The van der Waals surface area contributed by atoms with E-state index in [2.05, 4.69) is 10.6 Å². The van der Waals surface area contributed by atoms with Crippen LogP contribution in [0.2, 0.25) is 5.02 Å². The van der Waals surface area contributed by atoms with Gasteiger partial charge in [0.1, 0.15) is 17.9 Å². The molecule has 11 heteroatoms. The molecule has 0 spiro atoms. The zero-order valence-electron chi connectivity index (χ0n) is 26.0. The van der Waals surface area contributed by atoms with Gasteiger partial charge in [-0.25, -0.2) is 9.69 Å². The predicted molar refractivity (Wildman–Crippen MR) is 179 cm³/mol. The molecule has 1 aliphatic rings. The number of barbiturate groups is 1. The second kappa shape index (κ2) is 14.7. The lowest BCUT2D eigenvalue weighted by molar-refractivity contribution is -0.122. The molecule has 1 fully saturated rings. The normalized spacial score (nSPS) is 13.7. The standard InChI is InChI=1S/C36H32ClN3O7/c1-4-45-31-19-25(18-29(37)33(31)47-21-32(41)38-30-15-10-22(2)16-23(30)3)17-28-34(42)39-36(44)40(35(28)43)26-11-13-27(14-12-26)46-20-24-8-6-5-7-9-24/h5-19H,4,20-21H2,1-3H3,(H,38,41)(H,39,42,44)/b28-17-. The number of anilines is 2. The molecule has 2 N–H and O–H groups in total. The van der Waals surface area contributed by atoms with Crippen molar-refractivity contribution in [1.82, 2.24) is 5.32 Å². The molecule has 1 aliphatic heterocycles. The first-order valence-electron chi connectivity index (χ1n) is 14.8. The zero-order chi connectivity index (χ0) is 33.5. The highest BCUT2D eigenvalue weighted by atomic mass is 35.5. The molecule has 0 unspecified atom stereocenters. The minimum Gasteiger partial charge on any atom is -0.490 e. The zero-order valence-corrected chi connectivity index (χ0v) is 26.7. The molecule has 5 rings (SSSR count). The van der Waals surface area contributed by atoms with Crippen molar-refractivity contribution in [3.63, 3.8) is 0 Å². The molecule has 0 atom stereocenters. The highest BCUT2D eigenvalue weighted by Gasteiger charge is 2.37. The lowest BCUT2D eigenvalue weighted by Crippen LogP contribution is -2.54. The van der Waals surface area contributed by atoms with Crippen molar-refractivity contribution in [2.24, 2.45) is 0 Å². The van der Waals surface area contributed by atoms with Gasteiger partial charge in [0.05, 0.1) is 17.3 Å². The lowest BCUT2D eigenvalue weighted by Gasteiger charge is -2.26. The molecule has 0 radical (unpaired) electrons. The number of benzene rings is 4. The molecule has 47 heavy (non-hydrogen) atoms. The van der Waals surface area contributed by atoms with Crippen LogP contribution in [0.3, 0.4) is 0 Å². The topological polar surface area (TPSA) is 123 Å². The van der Waals surface area contributed by atoms with E-state index >= 15 is 0 Å². The molecule has 1 saturated heterocycles. The van der Waals surface area contributed by atoms with Crippen LogP contribution in [-0.4, -0.2) is 37.0 Å². The maximum absolute atomic E-state index is 13.5. The summed E-state index contributed by atoms with van der Waals surface area (Å²) in [6.07, 6.45) is 1.31. The van der Waals surface area contributed by atoms with E-state index in [1.54, 1.807) is 31.2 Å². The first kappa shape index (κ1) is 32.8. The number of hydrogen-bond acceptors (Lipinski definition) is 7. The molecular formula is C36H32ClN3O7. The summed E-state index contributed by atoms with van der Waals surface area (Å²) in [5, 5.41) is 5.11. The number of amides is 5. The van der Waals surface area contributed by atoms with Gasteiger partial charge in [-0.2, -0.15) is 0 Å². The second-order valence-electron chi connectivity index (χ2n) is 10.6. The summed E-state index contributed by atoms with van der Waals surface area (Å²) >= 11 is 6.55. The Balaban J connectivity index is 1.32. The van der Waals surface area contributed by atoms with Crippen LogP contribution >= 0.6 is 11.6 Å². The number of rotatable bonds is 11. The summed E-state index contributed by atoms with van der Waals surface area (Å²) < 4.78 is 17.3. The molecule has 240 valence electrons. The first-order chi connectivity index (χ1) is 22.6. The van der Waals surface area contributed by atoms with E-state index in [4.69, 9.17) is 25.8 Å². The molecule has 0 aromatic heterocycles. The Morgan fingerprint density at radius 3 is 2.36 bits per heavy atom. The molecular weight excluding hydrogens is 622 g/mol. The number of carbonyl (C=O) groups excluding carboxylic acids is 4. The maximum atomic E-state index is 13.5. The third kappa shape index (κ3) is 7.98. The molecule has 4 aromatic rings. The third-order valence-corrected chi connectivity index (χ3v) is 7.37. The SMILES string of the molecule is CCOc1cc(/C=C2/C(=O)NC(=O)N(c3ccc(OCc4ccccc4)cc3)C2=O)cc(Cl)c1OCC(=O)Nc1ccc(C)cc1C. The number of hydrogen-bond donors (Lipinski definition) is 2. The fourth-order valence-corrected chi connectivity index (χ4v) is 5.12. The second-order valence-corrected chi connectivity index (χ2v) is 11.1. The van der Waals surface area contributed by atoms with Gasteiger partial charge in [0, 0.05) is 5.69 Å². The largest absolute Gasteiger partial charge is 0.490 e. The first-order valence-corrected chi connectivity index (χ1v) is 15.1. The van der Waals surface area contributed by atoms with Crippen LogP contribution in [-0.2, 0) is 21.0 Å². The number of carbonyl (C=O) groups is 4. The van der Waals surface area contributed by atoms with Gasteiger partial charge in [-0.1, -0.05) is 59.6 Å². The van der Waals surface area contributed by atoms with Gasteiger partial charge in [-0.3, -0.25) is 19.7 Å². The third-order valence-electron chi connectivity index (χ3n) is 7.09. The average Bonchev–Trinajstić information content (AvgIpc) is 3.04. The van der Waals surface area contributed by atoms with Crippen molar-refractivity contribution < 1.29 is 33.4 Å². The summed E-state index contributed by atoms with van der Waals surface area (Å²) in [6.45, 7) is 5.87. The quantitative estimate of drug-likeness (QED) is 0.138. The monoisotopic (exact) mass is 653 g/mol. The molecule has 0 bridgehead atoms. The van der Waals surface area contributed by atoms with E-state index in [9.17, 15) is 19.2 Å². The van der Waals surface area contributed by atoms with E-state index < -0.39 is 23.8 Å². The molecule has 0 aliphatic carbocycles. The van der Waals surface area contributed by atoms with Gasteiger partial charge in [0.25, 0.3) is 17.7 Å². The van der Waals surface area contributed by atoms with Gasteiger partial charge in [-0.15, -0.1) is 0 Å². The number of ether oxygens (including phenoxy) is 3. The molecule has 0 saturated carbocycles. The van der Waals surface area contributed by atoms with Crippen LogP contribution in [0.15, 0.2) is 90.5 Å². The predicted octanol–water partition coefficient (Wildman–Crippen LogP) is 6.62. The molecule has 1 heterocycles. The smallest absolute Gasteiger partial charge is 0.335 e. The van der Waals surface area contributed by atoms with E-state index in [-0.39, 0.29) is 41.0 Å². The van der Waals surface area contributed by atoms with Crippen molar-refractivity contribution in [3.8, 4) is 17.2 Å². The van der Waals surface area contributed by atoms with Crippen LogP contribution in [0.5, 0.6) is 17.2 Å². The Bertz CT molecular complexity index is 1860. The highest BCUT2D eigenvalue weighted by molar-refractivity contribution is 6.39. The highest BCUT2D eigenvalue weighted by Crippen LogP contribution is 2.38. The average molecular weight is 654 g/mol. The number of nitrogens with one attached hydrogen (secondary N) is 2. The van der Waals surface area contributed by atoms with E-state index in [0.717, 1.165) is 21.6 Å². The Kier molecular flexibility index (Phi) is 10.2. The van der Waals surface area contributed by atoms with Gasteiger partial charge < -0.3 is 19.5 Å². The fourth-order valence-electron chi connectivity index (χ4n) is 4.84. The van der Waals surface area contributed by atoms with Crippen LogP contribution in [0.1, 0.15) is 29.2 Å². The maximum Gasteiger partial charge on any atom is 0.335 e. The van der Waals surface area contributed by atoms with Crippen molar-refractivity contribution >= 4 is 52.8 Å². The van der Waals surface area contributed by atoms with E-state index in [1.165, 1.54) is 18.2 Å². The number of halogens is 1. The molecule has 5 amide bonds. The number of urea groups is 1. The van der Waals surface area contributed by atoms with Gasteiger partial charge in [0.15, 0.2) is 18.1 Å². The summed E-state index contributed by atoms with van der Waals surface area (Å²) in [4.78, 5) is 52.5. The molecule has 10 nitrogen and oxygen atoms in total. The Labute approximate surface area is 276 Å². The van der Waals surface area contributed by atoms with Gasteiger partial charge in [0.2, 0.25) is 0 Å². The summed E-state index contributed by atoms with van der Waals surface area (Å²) in [5.41, 5.74) is 3.92. The van der Waals surface area contributed by atoms with Crippen molar-refractivity contribution in [2.75, 3.05) is 23.4 Å². The van der Waals surface area contributed by atoms with Crippen molar-refractivity contribution in [3.05, 3.63) is 118 Å². The van der Waals surface area contributed by atoms with E-state index in [1.807, 2.05) is 62.4 Å². The Morgan fingerprint density at radius 1 is 0.915 bits per heavy atom. The number of nitrogens with zero attached hydrogens (tertiary/aromatic N) is 1. The minimum absolute atomic E-state index is 0.0878. The summed E-state index contributed by atoms with van der Waals surface area (Å²) in [5.74, 6) is -1.22. The fraction of sp³-hybridized carbons (Fsp3) is 0.167. The van der Waals surface area contributed by atoms with Crippen molar-refractivity contribution in [1.29, 1.82) is 0 Å². The van der Waals surface area contributed by atoms with E-state index in [0.29, 0.717) is 23.6 Å². The van der Waals surface area contributed by atoms with Crippen LogP contribution in [0, 0.1) is 13.8 Å². The van der Waals surface area contributed by atoms with Gasteiger partial charge in [-0.05, 0) is 86.0 Å². The lowest BCUT2D eigenvalue weighted by atomic mass is 10.1. The van der Waals surface area contributed by atoms with Crippen molar-refractivity contribution in [2.45, 2.75) is 27.4 Å². The van der Waals surface area contributed by atoms with Crippen LogP contribution in [0.25, 0.3) is 6.08 Å². The summed E-state index contributed by atoms with van der Waals surface area (Å²) in [7, 11) is 0. The Hall–Kier alpha value is -5.61. The van der Waals surface area contributed by atoms with Gasteiger partial charge >= 0.3 is 6.03 Å². The van der Waals surface area contributed by atoms with Crippen LogP contribution < -0.4 is 29.7 Å². The number of aryl methyl sites for hydroxylation is 2. The summed E-state index contributed by atoms with van der Waals surface area (Å²) in [6, 6.07) is 23.8. The minimum atomic E-state index is -0.883. The number of imide groups is 2. The Morgan fingerprint density at radius 2 is 1.66 bits per heavy atom. The van der Waals surface area contributed by atoms with Crippen LogP contribution in [0.4, 0.5) is 16.2 Å². The molecule has 4 aromatic carbocycles.